The van der Waals surface area contributed by atoms with Gasteiger partial charge in [0.05, 0.1) is 11.5 Å². The molecule has 1 heterocycles. The second-order valence-electron chi connectivity index (χ2n) is 4.99. The topological polar surface area (TPSA) is 72.7 Å². The molecule has 1 aliphatic heterocycles. The Morgan fingerprint density at radius 1 is 1.57 bits per heavy atom. The van der Waals surface area contributed by atoms with Crippen molar-refractivity contribution in [1.29, 1.82) is 0 Å². The highest BCUT2D eigenvalue weighted by atomic mass is 19.1. The fourth-order valence-electron chi connectivity index (χ4n) is 2.40. The number of hydrogen-bond donors (Lipinski definition) is 0. The van der Waals surface area contributed by atoms with Gasteiger partial charge < -0.3 is 9.64 Å². The number of ether oxygens (including phenoxy) is 1. The highest BCUT2D eigenvalue weighted by molar-refractivity contribution is 5.98. The Labute approximate surface area is 121 Å². The summed E-state index contributed by atoms with van der Waals surface area (Å²) in [7, 11) is 0. The van der Waals surface area contributed by atoms with E-state index >= 15 is 0 Å². The minimum absolute atomic E-state index is 0.208. The Hall–Kier alpha value is -2.02. The zero-order chi connectivity index (χ0) is 15.4. The van der Waals surface area contributed by atoms with Gasteiger partial charge in [-0.15, -0.1) is 0 Å². The largest absolute Gasteiger partial charge is 0.381 e. The maximum atomic E-state index is 13.3. The fourth-order valence-corrected chi connectivity index (χ4v) is 2.40. The highest BCUT2D eigenvalue weighted by Crippen LogP contribution is 2.23. The number of benzene rings is 1. The standard InChI is InChI=1S/C14H17FN2O4/c1-2-16(8-10-5-6-21-9-10)14(18)12-7-11(15)3-4-13(12)17(19)20/h3-4,7,10H,2,5-6,8-9H2,1H3. The number of rotatable bonds is 5. The first-order valence-corrected chi connectivity index (χ1v) is 6.84. The van der Waals surface area contributed by atoms with Crippen LogP contribution >= 0.6 is 0 Å². The number of amides is 1. The summed E-state index contributed by atoms with van der Waals surface area (Å²) in [6, 6.07) is 2.93. The summed E-state index contributed by atoms with van der Waals surface area (Å²) in [4.78, 5) is 24.3. The van der Waals surface area contributed by atoms with Gasteiger partial charge in [-0.2, -0.15) is 0 Å². The van der Waals surface area contributed by atoms with Crippen LogP contribution in [0.15, 0.2) is 18.2 Å². The maximum absolute atomic E-state index is 13.3. The van der Waals surface area contributed by atoms with Gasteiger partial charge in [0.25, 0.3) is 11.6 Å². The molecule has 1 unspecified atom stereocenters. The second kappa shape index (κ2) is 6.62. The molecule has 1 aromatic rings. The van der Waals surface area contributed by atoms with Gasteiger partial charge in [0.15, 0.2) is 0 Å². The molecule has 0 spiro atoms. The van der Waals surface area contributed by atoms with Crippen LogP contribution in [0.25, 0.3) is 0 Å². The van der Waals surface area contributed by atoms with Gasteiger partial charge in [0, 0.05) is 31.7 Å². The number of halogens is 1. The van der Waals surface area contributed by atoms with Crippen molar-refractivity contribution in [2.75, 3.05) is 26.3 Å². The van der Waals surface area contributed by atoms with E-state index in [-0.39, 0.29) is 17.2 Å². The Bertz CT molecular complexity index is 544. The smallest absolute Gasteiger partial charge is 0.282 e. The molecule has 114 valence electrons. The summed E-state index contributed by atoms with van der Waals surface area (Å²) in [5.41, 5.74) is -0.580. The summed E-state index contributed by atoms with van der Waals surface area (Å²) in [5.74, 6) is -0.957. The van der Waals surface area contributed by atoms with E-state index in [1.807, 2.05) is 0 Å². The van der Waals surface area contributed by atoms with Gasteiger partial charge in [0.1, 0.15) is 11.4 Å². The number of carbonyl (C=O) groups excluding carboxylic acids is 1. The minimum atomic E-state index is -0.667. The van der Waals surface area contributed by atoms with Crippen LogP contribution in [0.1, 0.15) is 23.7 Å². The third-order valence-corrected chi connectivity index (χ3v) is 3.56. The molecule has 1 amide bonds. The van der Waals surface area contributed by atoms with Crippen LogP contribution in [0.3, 0.4) is 0 Å². The molecule has 0 aliphatic carbocycles. The number of carbonyl (C=O) groups is 1. The molecule has 2 rings (SSSR count). The van der Waals surface area contributed by atoms with Crippen LogP contribution in [0.5, 0.6) is 0 Å². The molecule has 0 saturated carbocycles. The molecule has 1 fully saturated rings. The van der Waals surface area contributed by atoms with Crippen molar-refractivity contribution in [2.45, 2.75) is 13.3 Å². The van der Waals surface area contributed by atoms with Crippen molar-refractivity contribution < 1.29 is 18.8 Å². The predicted molar refractivity (Wildman–Crippen MR) is 73.6 cm³/mol. The summed E-state index contributed by atoms with van der Waals surface area (Å²) in [5, 5.41) is 11.0. The fraction of sp³-hybridized carbons (Fsp3) is 0.500. The Morgan fingerprint density at radius 2 is 2.33 bits per heavy atom. The number of hydrogen-bond acceptors (Lipinski definition) is 4. The second-order valence-corrected chi connectivity index (χ2v) is 4.99. The van der Waals surface area contributed by atoms with Gasteiger partial charge in [-0.1, -0.05) is 0 Å². The highest BCUT2D eigenvalue weighted by Gasteiger charge is 2.27. The van der Waals surface area contributed by atoms with Gasteiger partial charge in [-0.25, -0.2) is 4.39 Å². The van der Waals surface area contributed by atoms with Crippen molar-refractivity contribution in [3.63, 3.8) is 0 Å². The average Bonchev–Trinajstić information content (AvgIpc) is 2.96. The summed E-state index contributed by atoms with van der Waals surface area (Å²) < 4.78 is 18.6. The lowest BCUT2D eigenvalue weighted by molar-refractivity contribution is -0.385. The van der Waals surface area contributed by atoms with Crippen molar-refractivity contribution >= 4 is 11.6 Å². The summed E-state index contributed by atoms with van der Waals surface area (Å²) >= 11 is 0. The molecule has 1 aromatic carbocycles. The normalized spacial score (nSPS) is 17.7. The zero-order valence-electron chi connectivity index (χ0n) is 11.8. The predicted octanol–water partition coefficient (Wildman–Crippen LogP) is 2.23. The molecule has 1 aliphatic rings. The number of nitro benzene ring substituents is 1. The third kappa shape index (κ3) is 3.55. The molecular formula is C14H17FN2O4. The Morgan fingerprint density at radius 3 is 2.90 bits per heavy atom. The monoisotopic (exact) mass is 296 g/mol. The quantitative estimate of drug-likeness (QED) is 0.617. The summed E-state index contributed by atoms with van der Waals surface area (Å²) in [6.07, 6.45) is 0.856. The maximum Gasteiger partial charge on any atom is 0.282 e. The number of nitro groups is 1. The van der Waals surface area contributed by atoms with Crippen molar-refractivity contribution in [2.24, 2.45) is 5.92 Å². The van der Waals surface area contributed by atoms with E-state index in [4.69, 9.17) is 4.74 Å². The minimum Gasteiger partial charge on any atom is -0.381 e. The van der Waals surface area contributed by atoms with E-state index in [0.29, 0.717) is 26.3 Å². The van der Waals surface area contributed by atoms with Crippen LogP contribution in [0.2, 0.25) is 0 Å². The van der Waals surface area contributed by atoms with Crippen molar-refractivity contribution in [3.05, 3.63) is 39.7 Å². The van der Waals surface area contributed by atoms with Crippen LogP contribution < -0.4 is 0 Å². The first-order chi connectivity index (χ1) is 10.0. The first-order valence-electron chi connectivity index (χ1n) is 6.84. The van der Waals surface area contributed by atoms with E-state index in [1.165, 1.54) is 4.90 Å². The first kappa shape index (κ1) is 15.4. The lowest BCUT2D eigenvalue weighted by Crippen LogP contribution is -2.35. The molecular weight excluding hydrogens is 279 g/mol. The molecule has 0 N–H and O–H groups in total. The van der Waals surface area contributed by atoms with E-state index in [0.717, 1.165) is 24.6 Å². The van der Waals surface area contributed by atoms with Crippen LogP contribution in [0.4, 0.5) is 10.1 Å². The molecule has 1 atom stereocenters. The van der Waals surface area contributed by atoms with Crippen LogP contribution in [-0.4, -0.2) is 42.0 Å². The van der Waals surface area contributed by atoms with E-state index in [9.17, 15) is 19.3 Å². The van der Waals surface area contributed by atoms with E-state index in [2.05, 4.69) is 0 Å². The Kier molecular flexibility index (Phi) is 4.85. The van der Waals surface area contributed by atoms with Gasteiger partial charge in [0.2, 0.25) is 0 Å². The lowest BCUT2D eigenvalue weighted by Gasteiger charge is -2.23. The van der Waals surface area contributed by atoms with Gasteiger partial charge in [-0.05, 0) is 25.5 Å². The van der Waals surface area contributed by atoms with Crippen molar-refractivity contribution in [3.8, 4) is 0 Å². The molecule has 7 heteroatoms. The molecule has 0 aromatic heterocycles. The van der Waals surface area contributed by atoms with Crippen LogP contribution in [0, 0.1) is 21.8 Å². The lowest BCUT2D eigenvalue weighted by atomic mass is 10.1. The molecule has 21 heavy (non-hydrogen) atoms. The third-order valence-electron chi connectivity index (χ3n) is 3.56. The SMILES string of the molecule is CCN(CC1CCOC1)C(=O)c1cc(F)ccc1[N+](=O)[O-]. The van der Waals surface area contributed by atoms with Gasteiger partial charge >= 0.3 is 0 Å². The molecule has 6 nitrogen and oxygen atoms in total. The van der Waals surface area contributed by atoms with Crippen LogP contribution in [-0.2, 0) is 4.74 Å². The van der Waals surface area contributed by atoms with E-state index in [1.54, 1.807) is 6.92 Å². The summed E-state index contributed by atoms with van der Waals surface area (Å²) in [6.45, 7) is 3.90. The van der Waals surface area contributed by atoms with E-state index < -0.39 is 16.6 Å². The molecule has 0 bridgehead atoms. The molecule has 0 radical (unpaired) electrons. The average molecular weight is 296 g/mol. The Balaban J connectivity index is 2.23. The zero-order valence-corrected chi connectivity index (χ0v) is 11.8. The molecule has 1 saturated heterocycles. The number of nitrogens with zero attached hydrogens (tertiary/aromatic N) is 2. The van der Waals surface area contributed by atoms with Crippen molar-refractivity contribution in [1.82, 2.24) is 4.90 Å². The van der Waals surface area contributed by atoms with Gasteiger partial charge in [-0.3, -0.25) is 14.9 Å².